The van der Waals surface area contributed by atoms with Crippen molar-refractivity contribution in [3.05, 3.63) is 59.7 Å². The van der Waals surface area contributed by atoms with E-state index in [0.29, 0.717) is 5.82 Å². The highest BCUT2D eigenvalue weighted by molar-refractivity contribution is 5.90. The average molecular weight is 307 g/mol. The lowest BCUT2D eigenvalue weighted by Crippen LogP contribution is -2.20. The van der Waals surface area contributed by atoms with Crippen LogP contribution in [0.15, 0.2) is 48.5 Å². The summed E-state index contributed by atoms with van der Waals surface area (Å²) in [6.07, 6.45) is 0. The predicted molar refractivity (Wildman–Crippen MR) is 87.8 cm³/mol. The summed E-state index contributed by atoms with van der Waals surface area (Å²) in [5.41, 5.74) is 3.97. The minimum Gasteiger partial charge on any atom is -0.324 e. The lowest BCUT2D eigenvalue weighted by atomic mass is 10.1. The van der Waals surface area contributed by atoms with E-state index in [1.54, 1.807) is 0 Å². The Hall–Kier alpha value is -3.02. The Kier molecular flexibility index (Phi) is 4.14. The van der Waals surface area contributed by atoms with Crippen LogP contribution in [-0.4, -0.2) is 26.1 Å². The van der Waals surface area contributed by atoms with Gasteiger partial charge >= 0.3 is 0 Å². The molecule has 0 aliphatic heterocycles. The van der Waals surface area contributed by atoms with E-state index in [1.165, 1.54) is 10.2 Å². The maximum atomic E-state index is 12.2. The Morgan fingerprint density at radius 2 is 1.87 bits per heavy atom. The molecule has 6 nitrogen and oxygen atoms in total. The van der Waals surface area contributed by atoms with Crippen LogP contribution in [0.2, 0.25) is 0 Å². The van der Waals surface area contributed by atoms with Crippen molar-refractivity contribution in [2.45, 2.75) is 20.4 Å². The monoisotopic (exact) mass is 307 g/mol. The number of rotatable bonds is 4. The van der Waals surface area contributed by atoms with Gasteiger partial charge in [0.15, 0.2) is 5.82 Å². The van der Waals surface area contributed by atoms with Gasteiger partial charge < -0.3 is 5.32 Å². The number of nitrogens with zero attached hydrogens (tertiary/aromatic N) is 4. The highest BCUT2D eigenvalue weighted by Crippen LogP contribution is 2.16. The molecule has 0 aliphatic carbocycles. The van der Waals surface area contributed by atoms with Crippen LogP contribution in [-0.2, 0) is 11.3 Å². The van der Waals surface area contributed by atoms with Crippen LogP contribution in [0.1, 0.15) is 11.1 Å². The highest BCUT2D eigenvalue weighted by Gasteiger charge is 2.12. The van der Waals surface area contributed by atoms with E-state index in [9.17, 15) is 4.79 Å². The van der Waals surface area contributed by atoms with E-state index in [0.717, 1.165) is 16.8 Å². The van der Waals surface area contributed by atoms with E-state index in [2.05, 4.69) is 20.8 Å². The molecule has 0 saturated heterocycles. The molecule has 0 bridgehead atoms. The predicted octanol–water partition coefficient (Wildman–Crippen LogP) is 2.60. The average Bonchev–Trinajstić information content (AvgIpc) is 3.00. The summed E-state index contributed by atoms with van der Waals surface area (Å²) in [7, 11) is 0. The smallest absolute Gasteiger partial charge is 0.246 e. The van der Waals surface area contributed by atoms with E-state index < -0.39 is 0 Å². The number of aryl methyl sites for hydroxylation is 2. The van der Waals surface area contributed by atoms with E-state index in [4.69, 9.17) is 0 Å². The van der Waals surface area contributed by atoms with Crippen molar-refractivity contribution in [2.24, 2.45) is 0 Å². The second-order valence-corrected chi connectivity index (χ2v) is 5.37. The summed E-state index contributed by atoms with van der Waals surface area (Å²) >= 11 is 0. The normalized spacial score (nSPS) is 10.5. The molecule has 6 heteroatoms. The molecular weight excluding hydrogens is 290 g/mol. The molecule has 1 N–H and O–H groups in total. The number of hydrogen-bond donors (Lipinski definition) is 1. The molecule has 3 aromatic rings. The first kappa shape index (κ1) is 14.9. The third kappa shape index (κ3) is 3.42. The quantitative estimate of drug-likeness (QED) is 0.804. The van der Waals surface area contributed by atoms with Crippen LogP contribution in [0.3, 0.4) is 0 Å². The second-order valence-electron chi connectivity index (χ2n) is 5.37. The molecule has 1 amide bonds. The number of nitrogens with one attached hydrogen (secondary N) is 1. The van der Waals surface area contributed by atoms with Crippen molar-refractivity contribution in [2.75, 3.05) is 5.32 Å². The molecule has 0 radical (unpaired) electrons. The number of carbonyl (C=O) groups is 1. The number of anilines is 1. The zero-order chi connectivity index (χ0) is 16.2. The summed E-state index contributed by atoms with van der Waals surface area (Å²) in [5, 5.41) is 14.4. The van der Waals surface area contributed by atoms with Crippen LogP contribution in [0.5, 0.6) is 0 Å². The topological polar surface area (TPSA) is 72.7 Å². The second kappa shape index (κ2) is 6.39. The van der Waals surface area contributed by atoms with Crippen molar-refractivity contribution in [1.29, 1.82) is 0 Å². The summed E-state index contributed by atoms with van der Waals surface area (Å²) in [6, 6.07) is 15.4. The zero-order valence-electron chi connectivity index (χ0n) is 13.0. The van der Waals surface area contributed by atoms with Crippen LogP contribution in [0, 0.1) is 13.8 Å². The van der Waals surface area contributed by atoms with Crippen LogP contribution < -0.4 is 5.32 Å². The maximum Gasteiger partial charge on any atom is 0.246 e. The molecule has 0 unspecified atom stereocenters. The van der Waals surface area contributed by atoms with E-state index in [1.807, 2.05) is 62.4 Å². The third-order valence-electron chi connectivity index (χ3n) is 3.65. The molecule has 0 atom stereocenters. The first-order valence-electron chi connectivity index (χ1n) is 7.32. The van der Waals surface area contributed by atoms with Gasteiger partial charge in [0.25, 0.3) is 0 Å². The van der Waals surface area contributed by atoms with Crippen molar-refractivity contribution < 1.29 is 4.79 Å². The third-order valence-corrected chi connectivity index (χ3v) is 3.65. The molecule has 0 aliphatic rings. The van der Waals surface area contributed by atoms with Gasteiger partial charge in [0.1, 0.15) is 6.54 Å². The number of benzene rings is 2. The van der Waals surface area contributed by atoms with Gasteiger partial charge in [-0.15, -0.1) is 5.10 Å². The van der Waals surface area contributed by atoms with Crippen molar-refractivity contribution in [1.82, 2.24) is 20.2 Å². The molecule has 116 valence electrons. The minimum atomic E-state index is -0.169. The number of carbonyl (C=O) groups excluding carboxylic acids is 1. The SMILES string of the molecule is Cc1ccc(NC(=O)Cn2nnnc2-c2ccccc2)cc1C. The van der Waals surface area contributed by atoms with Crippen LogP contribution >= 0.6 is 0 Å². The number of tetrazole rings is 1. The summed E-state index contributed by atoms with van der Waals surface area (Å²) in [6.45, 7) is 4.11. The molecular formula is C17H17N5O. The standard InChI is InChI=1S/C17H17N5O/c1-12-8-9-15(10-13(12)2)18-16(23)11-22-17(19-20-21-22)14-6-4-3-5-7-14/h3-10H,11H2,1-2H3,(H,18,23). The lowest BCUT2D eigenvalue weighted by molar-refractivity contribution is -0.116. The Morgan fingerprint density at radius 3 is 2.61 bits per heavy atom. The minimum absolute atomic E-state index is 0.0597. The Bertz CT molecular complexity index is 826. The fraction of sp³-hybridized carbons (Fsp3) is 0.176. The van der Waals surface area contributed by atoms with Gasteiger partial charge in [-0.2, -0.15) is 0 Å². The Balaban J connectivity index is 1.74. The molecule has 1 heterocycles. The number of aromatic nitrogens is 4. The Labute approximate surface area is 134 Å². The fourth-order valence-corrected chi connectivity index (χ4v) is 2.26. The van der Waals surface area contributed by atoms with Gasteiger partial charge in [0.05, 0.1) is 0 Å². The van der Waals surface area contributed by atoms with Crippen molar-refractivity contribution in [3.8, 4) is 11.4 Å². The number of amides is 1. The highest BCUT2D eigenvalue weighted by atomic mass is 16.2. The first-order valence-corrected chi connectivity index (χ1v) is 7.32. The summed E-state index contributed by atoms with van der Waals surface area (Å²) < 4.78 is 1.49. The molecule has 2 aromatic carbocycles. The molecule has 3 rings (SSSR count). The zero-order valence-corrected chi connectivity index (χ0v) is 13.0. The summed E-state index contributed by atoms with van der Waals surface area (Å²) in [4.78, 5) is 12.2. The van der Waals surface area contributed by atoms with Crippen molar-refractivity contribution >= 4 is 11.6 Å². The van der Waals surface area contributed by atoms with Crippen molar-refractivity contribution in [3.63, 3.8) is 0 Å². The van der Waals surface area contributed by atoms with Gasteiger partial charge in [-0.1, -0.05) is 36.4 Å². The summed E-state index contributed by atoms with van der Waals surface area (Å²) in [5.74, 6) is 0.401. The van der Waals surface area contributed by atoms with Gasteiger partial charge in [-0.3, -0.25) is 4.79 Å². The molecule has 23 heavy (non-hydrogen) atoms. The lowest BCUT2D eigenvalue weighted by Gasteiger charge is -2.08. The maximum absolute atomic E-state index is 12.2. The molecule has 0 spiro atoms. The molecule has 1 aromatic heterocycles. The first-order chi connectivity index (χ1) is 11.1. The van der Waals surface area contributed by atoms with Crippen LogP contribution in [0.25, 0.3) is 11.4 Å². The Morgan fingerprint density at radius 1 is 1.09 bits per heavy atom. The largest absolute Gasteiger partial charge is 0.324 e. The van der Waals surface area contributed by atoms with Gasteiger partial charge in [0.2, 0.25) is 5.91 Å². The number of hydrogen-bond acceptors (Lipinski definition) is 4. The fourth-order valence-electron chi connectivity index (χ4n) is 2.26. The molecule has 0 saturated carbocycles. The van der Waals surface area contributed by atoms with Gasteiger partial charge in [-0.25, -0.2) is 4.68 Å². The van der Waals surface area contributed by atoms with Crippen LogP contribution in [0.4, 0.5) is 5.69 Å². The van der Waals surface area contributed by atoms with Gasteiger partial charge in [0, 0.05) is 11.3 Å². The van der Waals surface area contributed by atoms with E-state index >= 15 is 0 Å². The van der Waals surface area contributed by atoms with Gasteiger partial charge in [-0.05, 0) is 47.5 Å². The van der Waals surface area contributed by atoms with E-state index in [-0.39, 0.29) is 12.5 Å². The molecule has 0 fully saturated rings.